The summed E-state index contributed by atoms with van der Waals surface area (Å²) in [5.74, 6) is 0. The van der Waals surface area contributed by atoms with Crippen LogP contribution in [0.2, 0.25) is 0 Å². The van der Waals surface area contributed by atoms with Gasteiger partial charge in [-0.1, -0.05) is 72.5 Å². The zero-order valence-corrected chi connectivity index (χ0v) is 20.4. The molecule has 0 atom stereocenters. The molecule has 3 nitrogen and oxygen atoms in total. The average Bonchev–Trinajstić information content (AvgIpc) is 3.86. The minimum absolute atomic E-state index is 0.162. The van der Waals surface area contributed by atoms with Crippen LogP contribution < -0.4 is 4.90 Å². The van der Waals surface area contributed by atoms with Crippen molar-refractivity contribution in [3.8, 4) is 0 Å². The molecule has 0 saturated carbocycles. The molecule has 0 amide bonds. The van der Waals surface area contributed by atoms with Crippen molar-refractivity contribution in [2.45, 2.75) is 0 Å². The number of anilines is 3. The summed E-state index contributed by atoms with van der Waals surface area (Å²) >= 11 is 0. The molecule has 7 aromatic carbocycles. The van der Waals surface area contributed by atoms with E-state index in [-0.39, 0.29) is 32.3 Å². The van der Waals surface area contributed by atoms with Crippen LogP contribution in [-0.2, 0) is 0 Å². The molecule has 41 heavy (non-hydrogen) atoms. The minimum Gasteiger partial charge on any atom is -0.456 e. The Labute approximate surface area is 264 Å². The Balaban J connectivity index is 1.51. The predicted molar refractivity (Wildman–Crippen MR) is 171 cm³/mol. The molecule has 192 valence electrons. The maximum absolute atomic E-state index is 9.80. The van der Waals surface area contributed by atoms with Gasteiger partial charge in [-0.2, -0.15) is 0 Å². The van der Waals surface area contributed by atoms with E-state index in [4.69, 9.17) is 30.8 Å². The molecule has 0 bridgehead atoms. The number of furan rings is 2. The first-order valence-electron chi connectivity index (χ1n) is 22.6. The molecule has 0 aliphatic rings. The minimum atomic E-state index is -0.900. The third kappa shape index (κ3) is 3.39. The van der Waals surface area contributed by atoms with Crippen molar-refractivity contribution in [3.63, 3.8) is 0 Å². The van der Waals surface area contributed by atoms with E-state index in [2.05, 4.69) is 0 Å². The lowest BCUT2D eigenvalue weighted by Crippen LogP contribution is -2.09. The Morgan fingerprint density at radius 3 is 1.80 bits per heavy atom. The highest BCUT2D eigenvalue weighted by Gasteiger charge is 2.17. The van der Waals surface area contributed by atoms with Gasteiger partial charge in [0, 0.05) is 38.6 Å². The van der Waals surface area contributed by atoms with E-state index in [1.165, 1.54) is 6.07 Å². The van der Waals surface area contributed by atoms with Crippen molar-refractivity contribution < 1.29 is 37.6 Å². The molecule has 0 aliphatic carbocycles. The van der Waals surface area contributed by atoms with E-state index < -0.39 is 177 Å². The maximum atomic E-state index is 9.80. The maximum Gasteiger partial charge on any atom is 0.136 e. The summed E-state index contributed by atoms with van der Waals surface area (Å²) < 4.78 is 196. The number of fused-ring (bicyclic) bond motifs is 9. The van der Waals surface area contributed by atoms with Gasteiger partial charge in [0.15, 0.2) is 0 Å². The van der Waals surface area contributed by atoms with Crippen LogP contribution >= 0.6 is 0 Å². The highest BCUT2D eigenvalue weighted by molar-refractivity contribution is 6.17. The first-order chi connectivity index (χ1) is 29.1. The number of hydrogen-bond donors (Lipinski definition) is 0. The molecule has 0 unspecified atom stereocenters. The molecule has 9 aromatic rings. The summed E-state index contributed by atoms with van der Waals surface area (Å²) in [7, 11) is 0. The number of benzene rings is 7. The lowest BCUT2D eigenvalue weighted by molar-refractivity contribution is 0.668. The summed E-state index contributed by atoms with van der Waals surface area (Å²) in [6.07, 6.45) is 0. The summed E-state index contributed by atoms with van der Waals surface area (Å²) in [5.41, 5.74) is -3.67. The van der Waals surface area contributed by atoms with E-state index in [0.29, 0.717) is 0 Å². The Hall–Kier alpha value is -5.54. The smallest absolute Gasteiger partial charge is 0.136 e. The van der Waals surface area contributed by atoms with E-state index >= 15 is 0 Å². The molecule has 0 fully saturated rings. The quantitative estimate of drug-likeness (QED) is 0.206. The zero-order valence-electron chi connectivity index (χ0n) is 41.4. The van der Waals surface area contributed by atoms with E-state index in [9.17, 15) is 6.85 Å². The van der Waals surface area contributed by atoms with Crippen molar-refractivity contribution in [1.82, 2.24) is 0 Å². The van der Waals surface area contributed by atoms with Crippen LogP contribution in [0.1, 0.15) is 28.8 Å². The predicted octanol–water partition coefficient (Wildman–Crippen LogP) is 11.3. The molecule has 9 rings (SSSR count). The van der Waals surface area contributed by atoms with Crippen LogP contribution in [0.25, 0.3) is 65.4 Å². The molecule has 2 aromatic heterocycles. The second-order valence-corrected chi connectivity index (χ2v) is 8.94. The number of hydrogen-bond acceptors (Lipinski definition) is 3. The highest BCUT2D eigenvalue weighted by atomic mass is 16.3. The first kappa shape index (κ1) is 10.1. The highest BCUT2D eigenvalue weighted by Crippen LogP contribution is 2.41. The molecule has 0 aliphatic heterocycles. The Bertz CT molecular complexity index is 3590. The van der Waals surface area contributed by atoms with Crippen LogP contribution in [-0.4, -0.2) is 0 Å². The van der Waals surface area contributed by atoms with Crippen molar-refractivity contribution in [1.29, 1.82) is 0 Å². The fourth-order valence-corrected chi connectivity index (χ4v) is 4.83. The fraction of sp³-hybridized carbons (Fsp3) is 0. The SMILES string of the molecule is [2H]c1c([2H])c([2H])c(N(c2ccc3c([2H])c([2H])c4c([2H])c5oc6c([2H])c([2H])c([2H])c([2H])c6c5c([2H])c4c3c2[2H])c2c([2H])c([2H])c3oc4c([2H])c([2H])c([2H])c([2H])c4c3c2[2H])c([2H])c1[2H]. The van der Waals surface area contributed by atoms with Crippen molar-refractivity contribution >= 4 is 82.5 Å². The lowest BCUT2D eigenvalue weighted by Gasteiger charge is -2.26. The van der Waals surface area contributed by atoms with Crippen molar-refractivity contribution in [3.05, 3.63) is 139 Å². The van der Waals surface area contributed by atoms with Gasteiger partial charge < -0.3 is 13.7 Å². The molecule has 3 heteroatoms. The van der Waals surface area contributed by atoms with E-state index in [1.807, 2.05) is 0 Å². The molecular weight excluding hydrogens is 502 g/mol. The van der Waals surface area contributed by atoms with E-state index in [1.54, 1.807) is 0 Å². The topological polar surface area (TPSA) is 29.5 Å². The van der Waals surface area contributed by atoms with Gasteiger partial charge >= 0.3 is 0 Å². The number of para-hydroxylation sites is 3. The number of rotatable bonds is 3. The van der Waals surface area contributed by atoms with E-state index in [0.717, 1.165) is 11.0 Å². The Morgan fingerprint density at radius 2 is 1.00 bits per heavy atom. The van der Waals surface area contributed by atoms with Gasteiger partial charge in [0.2, 0.25) is 0 Å². The summed E-state index contributed by atoms with van der Waals surface area (Å²) in [4.78, 5) is 0.770. The fourth-order valence-electron chi connectivity index (χ4n) is 4.83. The van der Waals surface area contributed by atoms with Gasteiger partial charge in [-0.05, 0) is 88.0 Å². The van der Waals surface area contributed by atoms with Crippen LogP contribution in [0.3, 0.4) is 0 Å². The molecule has 0 radical (unpaired) electrons. The lowest BCUT2D eigenvalue weighted by atomic mass is 9.99. The van der Waals surface area contributed by atoms with Crippen molar-refractivity contribution in [2.24, 2.45) is 0 Å². The summed E-state index contributed by atoms with van der Waals surface area (Å²) in [6.45, 7) is 0. The number of nitrogens with zero attached hydrogens (tertiary/aromatic N) is 1. The second-order valence-electron chi connectivity index (χ2n) is 8.94. The summed E-state index contributed by atoms with van der Waals surface area (Å²) in [5, 5.41) is -2.56. The molecule has 0 saturated heterocycles. The normalized spacial score (nSPS) is 19.1. The molecular formula is C38H23NO2. The summed E-state index contributed by atoms with van der Waals surface area (Å²) in [6, 6.07) is -12.8. The van der Waals surface area contributed by atoms with Gasteiger partial charge in [0.25, 0.3) is 0 Å². The second kappa shape index (κ2) is 8.48. The largest absolute Gasteiger partial charge is 0.456 e. The molecule has 2 heterocycles. The Morgan fingerprint density at radius 1 is 0.390 bits per heavy atom. The van der Waals surface area contributed by atoms with Gasteiger partial charge in [-0.25, -0.2) is 0 Å². The first-order valence-corrected chi connectivity index (χ1v) is 12.1. The monoisotopic (exact) mass is 546 g/mol. The van der Waals surface area contributed by atoms with Crippen molar-refractivity contribution in [2.75, 3.05) is 4.90 Å². The third-order valence-electron chi connectivity index (χ3n) is 6.62. The van der Waals surface area contributed by atoms with Gasteiger partial charge in [0.05, 0.1) is 28.8 Å². The third-order valence-corrected chi connectivity index (χ3v) is 6.62. The van der Waals surface area contributed by atoms with Gasteiger partial charge in [-0.3, -0.25) is 0 Å². The zero-order chi connectivity index (χ0) is 45.2. The van der Waals surface area contributed by atoms with Gasteiger partial charge in [0.1, 0.15) is 22.3 Å². The standard InChI is InChI=1S/C38H23NO2/c1-2-8-26(9-3-1)39(28-18-19-37-33(22-28)29-10-4-6-12-35(29)40-37)27-17-16-24-14-15-25-20-38-34(23-32(25)31(24)21-27)30-11-5-7-13-36(30)41-38/h1-23H/i1D,2D,3D,4D,5D,6D,7D,8D,9D,10D,11D,12D,13D,14D,15D,18D,19D,20D,21D,22D,23D. The Kier molecular flexibility index (Phi) is 2.10. The van der Waals surface area contributed by atoms with Crippen LogP contribution in [0.15, 0.2) is 148 Å². The van der Waals surface area contributed by atoms with Crippen LogP contribution in [0.4, 0.5) is 17.1 Å². The van der Waals surface area contributed by atoms with Crippen LogP contribution in [0, 0.1) is 0 Å². The molecule has 0 spiro atoms. The van der Waals surface area contributed by atoms with Gasteiger partial charge in [-0.15, -0.1) is 0 Å². The average molecular weight is 547 g/mol. The van der Waals surface area contributed by atoms with Crippen LogP contribution in [0.5, 0.6) is 0 Å². The molecule has 0 N–H and O–H groups in total.